The van der Waals surface area contributed by atoms with Crippen molar-refractivity contribution >= 4 is 12.6 Å². The molecule has 1 heterocycles. The molecule has 1 atom stereocenters. The van der Waals surface area contributed by atoms with Crippen LogP contribution in [0.25, 0.3) is 0 Å². The van der Waals surface area contributed by atoms with Gasteiger partial charge in [-0.15, -0.1) is 0 Å². The van der Waals surface area contributed by atoms with Crippen LogP contribution >= 0.6 is 0 Å². The summed E-state index contributed by atoms with van der Waals surface area (Å²) in [6.45, 7) is 0.526. The molecule has 1 unspecified atom stereocenters. The van der Waals surface area contributed by atoms with Crippen LogP contribution in [0, 0.1) is 0 Å². The lowest BCUT2D eigenvalue weighted by Crippen LogP contribution is -2.28. The first kappa shape index (κ1) is 11.4. The van der Waals surface area contributed by atoms with Crippen LogP contribution in [-0.4, -0.2) is 37.0 Å². The number of aliphatic hydroxyl groups is 1. The second-order valence-corrected chi connectivity index (χ2v) is 3.58. The van der Waals surface area contributed by atoms with E-state index in [1.165, 1.54) is 0 Å². The van der Waals surface area contributed by atoms with Crippen molar-refractivity contribution in [3.05, 3.63) is 23.8 Å². The number of benzene rings is 1. The van der Waals surface area contributed by atoms with Crippen molar-refractivity contribution in [3.8, 4) is 5.75 Å². The summed E-state index contributed by atoms with van der Waals surface area (Å²) in [5.74, 6) is 0.605. The van der Waals surface area contributed by atoms with Crippen LogP contribution < -0.4 is 15.9 Å². The van der Waals surface area contributed by atoms with Gasteiger partial charge in [0.2, 0.25) is 0 Å². The van der Waals surface area contributed by atoms with Crippen LogP contribution in [0.15, 0.2) is 18.2 Å². The minimum atomic E-state index is -0.943. The number of aliphatic hydroxyl groups excluding tert-OH is 1. The van der Waals surface area contributed by atoms with E-state index in [9.17, 15) is 5.02 Å². The molecule has 0 amide bonds. The van der Waals surface area contributed by atoms with Crippen LogP contribution in [0.4, 0.5) is 0 Å². The van der Waals surface area contributed by atoms with Crippen molar-refractivity contribution < 1.29 is 19.5 Å². The Morgan fingerprint density at radius 3 is 3.00 bits per heavy atom. The van der Waals surface area contributed by atoms with Gasteiger partial charge in [0.25, 0.3) is 0 Å². The van der Waals surface area contributed by atoms with E-state index < -0.39 is 7.12 Å². The maximum absolute atomic E-state index is 9.65. The predicted octanol–water partition coefficient (Wildman–Crippen LogP) is -1.22. The minimum absolute atomic E-state index is 0.0401. The third-order valence-electron chi connectivity index (χ3n) is 2.54. The fourth-order valence-electron chi connectivity index (χ4n) is 1.80. The van der Waals surface area contributed by atoms with Gasteiger partial charge < -0.3 is 25.3 Å². The molecule has 0 saturated heterocycles. The lowest BCUT2D eigenvalue weighted by Gasteiger charge is -2.09. The quantitative estimate of drug-likeness (QED) is 0.557. The Hall–Kier alpha value is -1.08. The van der Waals surface area contributed by atoms with Gasteiger partial charge in [0.15, 0.2) is 0 Å². The van der Waals surface area contributed by atoms with Crippen molar-refractivity contribution in [2.24, 2.45) is 5.73 Å². The van der Waals surface area contributed by atoms with Crippen LogP contribution in [0.1, 0.15) is 11.7 Å². The smallest absolute Gasteiger partial charge is 0.491 e. The number of hydrogen-bond donors (Lipinski definition) is 3. The predicted molar refractivity (Wildman–Crippen MR) is 59.5 cm³/mol. The van der Waals surface area contributed by atoms with E-state index >= 15 is 0 Å². The lowest BCUT2D eigenvalue weighted by atomic mass is 9.79. The monoisotopic (exact) mass is 223 g/mol. The topological polar surface area (TPSA) is 84.9 Å². The van der Waals surface area contributed by atoms with Crippen LogP contribution in [0.5, 0.6) is 5.75 Å². The molecule has 0 spiro atoms. The molecule has 0 saturated carbocycles. The Bertz CT molecular complexity index is 374. The van der Waals surface area contributed by atoms with E-state index in [1.807, 2.05) is 6.07 Å². The number of hydrogen-bond acceptors (Lipinski definition) is 5. The normalized spacial score (nSPS) is 18.7. The first-order valence-electron chi connectivity index (χ1n) is 5.17. The molecule has 1 aromatic rings. The Morgan fingerprint density at radius 1 is 1.50 bits per heavy atom. The van der Waals surface area contributed by atoms with Crippen molar-refractivity contribution in [3.63, 3.8) is 0 Å². The maximum Gasteiger partial charge on any atom is 0.492 e. The van der Waals surface area contributed by atoms with E-state index in [0.29, 0.717) is 17.8 Å². The highest BCUT2D eigenvalue weighted by molar-refractivity contribution is 6.61. The van der Waals surface area contributed by atoms with E-state index in [0.717, 1.165) is 5.56 Å². The molecule has 0 radical (unpaired) electrons. The molecule has 16 heavy (non-hydrogen) atoms. The highest BCUT2D eigenvalue weighted by atomic mass is 16.5. The number of rotatable bonds is 4. The van der Waals surface area contributed by atoms with Gasteiger partial charge in [-0.3, -0.25) is 0 Å². The summed E-state index contributed by atoms with van der Waals surface area (Å²) < 4.78 is 10.5. The van der Waals surface area contributed by atoms with Gasteiger partial charge in [-0.1, -0.05) is 6.07 Å². The summed E-state index contributed by atoms with van der Waals surface area (Å²) in [6, 6.07) is 5.32. The van der Waals surface area contributed by atoms with Gasteiger partial charge in [-0.25, -0.2) is 0 Å². The molecule has 1 aromatic carbocycles. The van der Waals surface area contributed by atoms with Crippen molar-refractivity contribution in [2.45, 2.75) is 6.10 Å². The molecule has 5 nitrogen and oxygen atoms in total. The Balaban J connectivity index is 2.22. The fourth-order valence-corrected chi connectivity index (χ4v) is 1.80. The van der Waals surface area contributed by atoms with Crippen molar-refractivity contribution in [1.29, 1.82) is 0 Å². The van der Waals surface area contributed by atoms with Gasteiger partial charge in [0.05, 0.1) is 12.7 Å². The zero-order valence-corrected chi connectivity index (χ0v) is 8.80. The Labute approximate surface area is 93.9 Å². The average Bonchev–Trinajstić information content (AvgIpc) is 2.63. The van der Waals surface area contributed by atoms with Crippen LogP contribution in [0.3, 0.4) is 0 Å². The highest BCUT2D eigenvalue weighted by Gasteiger charge is 2.34. The molecule has 0 aromatic heterocycles. The number of nitrogens with two attached hydrogens (primary N) is 1. The van der Waals surface area contributed by atoms with Crippen LogP contribution in [0.2, 0.25) is 0 Å². The summed E-state index contributed by atoms with van der Waals surface area (Å²) in [6.07, 6.45) is -0.253. The first-order valence-corrected chi connectivity index (χ1v) is 5.17. The lowest BCUT2D eigenvalue weighted by molar-refractivity contribution is 0.198. The average molecular weight is 223 g/mol. The second-order valence-electron chi connectivity index (χ2n) is 3.58. The summed E-state index contributed by atoms with van der Waals surface area (Å²) >= 11 is 0. The molecule has 0 aliphatic carbocycles. The molecule has 6 heteroatoms. The van der Waals surface area contributed by atoms with Crippen molar-refractivity contribution in [2.75, 3.05) is 19.8 Å². The van der Waals surface area contributed by atoms with Gasteiger partial charge in [0.1, 0.15) is 12.4 Å². The molecule has 0 fully saturated rings. The largest absolute Gasteiger partial charge is 0.492 e. The maximum atomic E-state index is 9.65. The van der Waals surface area contributed by atoms with E-state index in [4.69, 9.17) is 20.2 Å². The molecule has 1 aliphatic rings. The Kier molecular flexibility index (Phi) is 3.45. The third-order valence-corrected chi connectivity index (χ3v) is 2.54. The Morgan fingerprint density at radius 2 is 2.31 bits per heavy atom. The molecular weight excluding hydrogens is 209 g/mol. The second kappa shape index (κ2) is 4.84. The van der Waals surface area contributed by atoms with E-state index in [1.54, 1.807) is 12.1 Å². The van der Waals surface area contributed by atoms with E-state index in [2.05, 4.69) is 0 Å². The van der Waals surface area contributed by atoms with Gasteiger partial charge in [-0.2, -0.15) is 0 Å². The third kappa shape index (κ3) is 2.05. The SMILES string of the molecule is NCC1OB(O)c2cc(OCCO)ccc21. The molecule has 2 rings (SSSR count). The fraction of sp³-hybridized carbons (Fsp3) is 0.400. The number of fused-ring (bicyclic) bond motifs is 1. The molecular formula is C10H14BNO4. The van der Waals surface area contributed by atoms with Gasteiger partial charge >= 0.3 is 7.12 Å². The summed E-state index contributed by atoms with van der Waals surface area (Å²) in [4.78, 5) is 0. The summed E-state index contributed by atoms with van der Waals surface area (Å²) in [5.41, 5.74) is 7.11. The van der Waals surface area contributed by atoms with Crippen molar-refractivity contribution in [1.82, 2.24) is 0 Å². The summed E-state index contributed by atoms with van der Waals surface area (Å²) in [7, 11) is -0.943. The molecule has 86 valence electrons. The summed E-state index contributed by atoms with van der Waals surface area (Å²) in [5, 5.41) is 18.3. The number of ether oxygens (including phenoxy) is 1. The zero-order chi connectivity index (χ0) is 11.5. The van der Waals surface area contributed by atoms with Gasteiger partial charge in [-0.05, 0) is 23.2 Å². The zero-order valence-electron chi connectivity index (χ0n) is 8.80. The first-order chi connectivity index (χ1) is 7.76. The van der Waals surface area contributed by atoms with E-state index in [-0.39, 0.29) is 19.3 Å². The standard InChI is InChI=1S/C10H14BNO4/c12-6-10-8-2-1-7(15-4-3-13)5-9(8)11(14)16-10/h1-2,5,10,13-14H,3-4,6,12H2. The van der Waals surface area contributed by atoms with Crippen LogP contribution in [-0.2, 0) is 4.65 Å². The molecule has 4 N–H and O–H groups in total. The molecule has 0 bridgehead atoms. The van der Waals surface area contributed by atoms with Gasteiger partial charge in [0, 0.05) is 6.54 Å². The highest BCUT2D eigenvalue weighted by Crippen LogP contribution is 2.24. The molecule has 1 aliphatic heterocycles. The minimum Gasteiger partial charge on any atom is -0.491 e.